The Morgan fingerprint density at radius 3 is 2.61 bits per heavy atom. The van der Waals surface area contributed by atoms with E-state index < -0.39 is 5.79 Å². The second kappa shape index (κ2) is 8.00. The van der Waals surface area contributed by atoms with Crippen LogP contribution in [0.3, 0.4) is 0 Å². The molecular formula is C22H27NO5. The molecule has 2 aromatic carbocycles. The van der Waals surface area contributed by atoms with E-state index >= 15 is 0 Å². The molecule has 0 radical (unpaired) electrons. The molecule has 0 saturated heterocycles. The van der Waals surface area contributed by atoms with Gasteiger partial charge in [-0.25, -0.2) is 0 Å². The molecule has 0 amide bonds. The smallest absolute Gasteiger partial charge is 0.305 e. The summed E-state index contributed by atoms with van der Waals surface area (Å²) < 4.78 is 22.5. The van der Waals surface area contributed by atoms with Crippen LogP contribution >= 0.6 is 0 Å². The van der Waals surface area contributed by atoms with Gasteiger partial charge in [-0.1, -0.05) is 13.0 Å². The lowest BCUT2D eigenvalue weighted by Crippen LogP contribution is -2.29. The normalized spacial score (nSPS) is 15.0. The molecule has 2 aromatic rings. The Labute approximate surface area is 165 Å². The number of ether oxygens (including phenoxy) is 4. The first-order chi connectivity index (χ1) is 13.3. The Kier molecular flexibility index (Phi) is 5.68. The number of carbonyl (C=O) groups excluding carboxylic acids is 1. The van der Waals surface area contributed by atoms with Crippen molar-refractivity contribution in [3.63, 3.8) is 0 Å². The van der Waals surface area contributed by atoms with E-state index in [0.29, 0.717) is 18.7 Å². The zero-order chi connectivity index (χ0) is 20.3. The molecule has 3 rings (SSSR count). The standard InChI is InChI=1S/C22H27NO5/c1-6-21(24)26-14(2)13-23-16-8-10-18(25-5)17(12-16)15-7-9-19-20(11-15)28-22(3,4)27-19/h7-12,14,23H,6,13H2,1-5H3. The Balaban J connectivity index is 1.80. The van der Waals surface area contributed by atoms with Crippen molar-refractivity contribution in [3.8, 4) is 28.4 Å². The highest BCUT2D eigenvalue weighted by Gasteiger charge is 2.31. The molecule has 1 atom stereocenters. The zero-order valence-electron chi connectivity index (χ0n) is 17.0. The van der Waals surface area contributed by atoms with Crippen molar-refractivity contribution in [2.75, 3.05) is 19.0 Å². The van der Waals surface area contributed by atoms with Crippen LogP contribution in [-0.4, -0.2) is 31.5 Å². The number of carbonyl (C=O) groups is 1. The van der Waals surface area contributed by atoms with Crippen LogP contribution in [0.1, 0.15) is 34.1 Å². The van der Waals surface area contributed by atoms with Crippen LogP contribution in [0, 0.1) is 0 Å². The molecule has 0 aliphatic carbocycles. The van der Waals surface area contributed by atoms with Gasteiger partial charge in [0.1, 0.15) is 11.9 Å². The first kappa shape index (κ1) is 19.9. The van der Waals surface area contributed by atoms with E-state index in [1.54, 1.807) is 14.0 Å². The highest BCUT2D eigenvalue weighted by Crippen LogP contribution is 2.43. The molecule has 1 N–H and O–H groups in total. The van der Waals surface area contributed by atoms with Crippen molar-refractivity contribution in [3.05, 3.63) is 36.4 Å². The minimum atomic E-state index is -0.666. The van der Waals surface area contributed by atoms with Crippen molar-refractivity contribution < 1.29 is 23.7 Å². The molecule has 0 saturated carbocycles. The van der Waals surface area contributed by atoms with Gasteiger partial charge in [0.15, 0.2) is 11.5 Å². The summed E-state index contributed by atoms with van der Waals surface area (Å²) in [6, 6.07) is 11.7. The largest absolute Gasteiger partial charge is 0.496 e. The zero-order valence-corrected chi connectivity index (χ0v) is 17.0. The van der Waals surface area contributed by atoms with Crippen LogP contribution in [0.5, 0.6) is 17.2 Å². The van der Waals surface area contributed by atoms with Gasteiger partial charge in [-0.3, -0.25) is 4.79 Å². The first-order valence-corrected chi connectivity index (χ1v) is 9.45. The fraction of sp³-hybridized carbons (Fsp3) is 0.409. The van der Waals surface area contributed by atoms with Crippen molar-refractivity contribution in [2.45, 2.75) is 46.0 Å². The van der Waals surface area contributed by atoms with Crippen molar-refractivity contribution in [2.24, 2.45) is 0 Å². The molecule has 6 heteroatoms. The molecule has 6 nitrogen and oxygen atoms in total. The predicted octanol–water partition coefficient (Wildman–Crippen LogP) is 4.62. The molecule has 0 bridgehead atoms. The number of methoxy groups -OCH3 is 1. The van der Waals surface area contributed by atoms with Gasteiger partial charge in [0.05, 0.1) is 13.7 Å². The van der Waals surface area contributed by atoms with Crippen LogP contribution in [0.2, 0.25) is 0 Å². The Morgan fingerprint density at radius 2 is 1.89 bits per heavy atom. The quantitative estimate of drug-likeness (QED) is 0.702. The van der Waals surface area contributed by atoms with Gasteiger partial charge < -0.3 is 24.3 Å². The summed E-state index contributed by atoms with van der Waals surface area (Å²) in [6.45, 7) is 7.93. The van der Waals surface area contributed by atoms with Gasteiger partial charge in [-0.05, 0) is 42.8 Å². The second-order valence-electron chi connectivity index (χ2n) is 7.22. The van der Waals surface area contributed by atoms with Crippen LogP contribution in [0.4, 0.5) is 5.69 Å². The maximum atomic E-state index is 11.4. The van der Waals surface area contributed by atoms with E-state index in [2.05, 4.69) is 5.32 Å². The van der Waals surface area contributed by atoms with E-state index in [1.165, 1.54) is 0 Å². The van der Waals surface area contributed by atoms with Crippen molar-refractivity contribution >= 4 is 11.7 Å². The SMILES string of the molecule is CCC(=O)OC(C)CNc1ccc(OC)c(-c2ccc3c(c2)OC(C)(C)O3)c1. The van der Waals surface area contributed by atoms with Crippen molar-refractivity contribution in [1.82, 2.24) is 0 Å². The number of hydrogen-bond acceptors (Lipinski definition) is 6. The fourth-order valence-corrected chi connectivity index (χ4v) is 3.04. The molecule has 1 unspecified atom stereocenters. The molecular weight excluding hydrogens is 358 g/mol. The summed E-state index contributed by atoms with van der Waals surface area (Å²) in [4.78, 5) is 11.4. The predicted molar refractivity (Wildman–Crippen MR) is 108 cm³/mol. The minimum absolute atomic E-state index is 0.201. The lowest BCUT2D eigenvalue weighted by atomic mass is 10.0. The Morgan fingerprint density at radius 1 is 1.14 bits per heavy atom. The summed E-state index contributed by atoms with van der Waals surface area (Å²) in [5, 5.41) is 3.31. The number of nitrogens with one attached hydrogen (secondary N) is 1. The van der Waals surface area contributed by atoms with E-state index in [0.717, 1.165) is 28.3 Å². The Bertz CT molecular complexity index is 862. The highest BCUT2D eigenvalue weighted by molar-refractivity contribution is 5.76. The molecule has 1 aliphatic heterocycles. The monoisotopic (exact) mass is 385 g/mol. The lowest BCUT2D eigenvalue weighted by molar-refractivity contribution is -0.147. The van der Waals surface area contributed by atoms with Crippen LogP contribution in [0.25, 0.3) is 11.1 Å². The molecule has 150 valence electrons. The molecule has 0 aromatic heterocycles. The van der Waals surface area contributed by atoms with Gasteiger partial charge >= 0.3 is 5.97 Å². The maximum Gasteiger partial charge on any atom is 0.305 e. The number of hydrogen-bond donors (Lipinski definition) is 1. The number of fused-ring (bicyclic) bond motifs is 1. The topological polar surface area (TPSA) is 66.0 Å². The molecule has 0 fully saturated rings. The summed E-state index contributed by atoms with van der Waals surface area (Å²) in [5.41, 5.74) is 2.81. The van der Waals surface area contributed by atoms with E-state index in [-0.39, 0.29) is 12.1 Å². The molecule has 1 heterocycles. The lowest BCUT2D eigenvalue weighted by Gasteiger charge is -2.16. The number of benzene rings is 2. The van der Waals surface area contributed by atoms with Crippen LogP contribution in [-0.2, 0) is 9.53 Å². The Hall–Kier alpha value is -2.89. The number of esters is 1. The summed E-state index contributed by atoms with van der Waals surface area (Å²) in [6.07, 6.45) is 0.156. The number of anilines is 1. The van der Waals surface area contributed by atoms with Gasteiger partial charge in [0.25, 0.3) is 0 Å². The first-order valence-electron chi connectivity index (χ1n) is 9.45. The third-order valence-electron chi connectivity index (χ3n) is 4.38. The van der Waals surface area contributed by atoms with Gasteiger partial charge in [0.2, 0.25) is 5.79 Å². The maximum absolute atomic E-state index is 11.4. The molecule has 1 aliphatic rings. The van der Waals surface area contributed by atoms with Crippen LogP contribution in [0.15, 0.2) is 36.4 Å². The second-order valence-corrected chi connectivity index (χ2v) is 7.22. The van der Waals surface area contributed by atoms with E-state index in [9.17, 15) is 4.79 Å². The summed E-state index contributed by atoms with van der Waals surface area (Å²) in [7, 11) is 1.65. The van der Waals surface area contributed by atoms with Gasteiger partial charge in [-0.2, -0.15) is 0 Å². The minimum Gasteiger partial charge on any atom is -0.496 e. The van der Waals surface area contributed by atoms with Gasteiger partial charge in [0, 0.05) is 31.5 Å². The van der Waals surface area contributed by atoms with E-state index in [4.69, 9.17) is 18.9 Å². The third-order valence-corrected chi connectivity index (χ3v) is 4.38. The van der Waals surface area contributed by atoms with Crippen LogP contribution < -0.4 is 19.5 Å². The molecule has 0 spiro atoms. The van der Waals surface area contributed by atoms with Crippen molar-refractivity contribution in [1.29, 1.82) is 0 Å². The number of rotatable bonds is 7. The third kappa shape index (κ3) is 4.50. The average Bonchev–Trinajstić information content (AvgIpc) is 2.98. The van der Waals surface area contributed by atoms with Gasteiger partial charge in [-0.15, -0.1) is 0 Å². The highest BCUT2D eigenvalue weighted by atomic mass is 16.7. The average molecular weight is 385 g/mol. The molecule has 28 heavy (non-hydrogen) atoms. The summed E-state index contributed by atoms with van der Waals surface area (Å²) in [5.74, 6) is 1.33. The summed E-state index contributed by atoms with van der Waals surface area (Å²) >= 11 is 0. The fourth-order valence-electron chi connectivity index (χ4n) is 3.04. The van der Waals surface area contributed by atoms with E-state index in [1.807, 2.05) is 57.2 Å².